The van der Waals surface area contributed by atoms with Crippen molar-refractivity contribution in [2.24, 2.45) is 0 Å². The van der Waals surface area contributed by atoms with Gasteiger partial charge in [0.2, 0.25) is 0 Å². The highest BCUT2D eigenvalue weighted by Crippen LogP contribution is 2.25. The largest absolute Gasteiger partial charge is 0.393 e. The summed E-state index contributed by atoms with van der Waals surface area (Å²) in [4.78, 5) is 0. The van der Waals surface area contributed by atoms with Gasteiger partial charge in [-0.3, -0.25) is 0 Å². The van der Waals surface area contributed by atoms with Crippen molar-refractivity contribution >= 4 is 0 Å². The van der Waals surface area contributed by atoms with Crippen molar-refractivity contribution in [3.05, 3.63) is 0 Å². The fraction of sp³-hybridized carbons (Fsp3) is 1.00. The number of rotatable bonds is 2. The van der Waals surface area contributed by atoms with Crippen molar-refractivity contribution in [3.63, 3.8) is 0 Å². The average Bonchev–Trinajstić information content (AvgIpc) is 2.25. The lowest BCUT2D eigenvalue weighted by Gasteiger charge is -2.33. The van der Waals surface area contributed by atoms with E-state index in [-0.39, 0.29) is 12.2 Å². The molecule has 1 heterocycles. The maximum atomic E-state index is 9.65. The predicted octanol–water partition coefficient (Wildman–Crippen LogP) is 0.804. The first kappa shape index (κ1) is 11.3. The lowest BCUT2D eigenvalue weighted by atomic mass is 9.95. The molecule has 1 aliphatic carbocycles. The topological polar surface area (TPSA) is 58.9 Å². The van der Waals surface area contributed by atoms with Crippen LogP contribution in [-0.2, 0) is 9.47 Å². The highest BCUT2D eigenvalue weighted by molar-refractivity contribution is 4.74. The van der Waals surface area contributed by atoms with Gasteiger partial charge in [-0.1, -0.05) is 0 Å². The lowest BCUT2D eigenvalue weighted by Crippen LogP contribution is -2.40. The third-order valence-corrected chi connectivity index (χ3v) is 3.21. The second-order valence-corrected chi connectivity index (χ2v) is 4.52. The Bertz CT molecular complexity index is 189. The second kappa shape index (κ2) is 5.25. The molecule has 1 aliphatic heterocycles. The molecule has 1 saturated heterocycles. The lowest BCUT2D eigenvalue weighted by molar-refractivity contribution is -0.239. The molecule has 1 saturated carbocycles. The van der Waals surface area contributed by atoms with Crippen LogP contribution in [0.5, 0.6) is 0 Å². The van der Waals surface area contributed by atoms with Gasteiger partial charge in [0.1, 0.15) is 6.10 Å². The van der Waals surface area contributed by atoms with Crippen LogP contribution in [0, 0.1) is 0 Å². The van der Waals surface area contributed by atoms with E-state index >= 15 is 0 Å². The van der Waals surface area contributed by atoms with Crippen LogP contribution in [0.3, 0.4) is 0 Å². The summed E-state index contributed by atoms with van der Waals surface area (Å²) in [6.45, 7) is 0.678. The molecule has 0 radical (unpaired) electrons. The van der Waals surface area contributed by atoms with Crippen molar-refractivity contribution in [2.45, 2.75) is 63.1 Å². The van der Waals surface area contributed by atoms with Gasteiger partial charge in [-0.05, 0) is 38.5 Å². The first-order valence-electron chi connectivity index (χ1n) is 5.89. The van der Waals surface area contributed by atoms with Crippen molar-refractivity contribution in [2.75, 3.05) is 6.61 Å². The summed E-state index contributed by atoms with van der Waals surface area (Å²) >= 11 is 0. The van der Waals surface area contributed by atoms with Crippen molar-refractivity contribution in [3.8, 4) is 0 Å². The summed E-state index contributed by atoms with van der Waals surface area (Å²) in [5, 5.41) is 19.0. The Kier molecular flexibility index (Phi) is 3.97. The molecule has 2 fully saturated rings. The van der Waals surface area contributed by atoms with E-state index in [4.69, 9.17) is 9.47 Å². The van der Waals surface area contributed by atoms with Gasteiger partial charge in [0.25, 0.3) is 0 Å². The Morgan fingerprint density at radius 2 is 1.73 bits per heavy atom. The second-order valence-electron chi connectivity index (χ2n) is 4.52. The van der Waals surface area contributed by atoms with Crippen LogP contribution in [0.4, 0.5) is 0 Å². The first-order valence-corrected chi connectivity index (χ1v) is 5.89. The zero-order chi connectivity index (χ0) is 10.7. The molecule has 2 N–H and O–H groups in total. The summed E-state index contributed by atoms with van der Waals surface area (Å²) < 4.78 is 11.1. The number of aliphatic hydroxyl groups is 2. The number of aliphatic hydroxyl groups excluding tert-OH is 2. The first-order chi connectivity index (χ1) is 7.25. The third kappa shape index (κ3) is 3.14. The fourth-order valence-electron chi connectivity index (χ4n) is 2.24. The molecule has 4 heteroatoms. The molecule has 0 aromatic heterocycles. The zero-order valence-corrected chi connectivity index (χ0v) is 8.97. The van der Waals surface area contributed by atoms with Gasteiger partial charge in [-0.25, -0.2) is 0 Å². The maximum Gasteiger partial charge on any atom is 0.183 e. The normalized spacial score (nSPS) is 42.8. The van der Waals surface area contributed by atoms with Gasteiger partial charge in [-0.15, -0.1) is 0 Å². The molecule has 2 rings (SSSR count). The summed E-state index contributed by atoms with van der Waals surface area (Å²) in [6, 6.07) is 0. The molecule has 88 valence electrons. The van der Waals surface area contributed by atoms with Crippen molar-refractivity contribution in [1.82, 2.24) is 0 Å². The molecule has 15 heavy (non-hydrogen) atoms. The Morgan fingerprint density at radius 3 is 2.40 bits per heavy atom. The molecule has 0 aromatic rings. The van der Waals surface area contributed by atoms with Gasteiger partial charge in [-0.2, -0.15) is 0 Å². The minimum atomic E-state index is -0.481. The molecule has 0 aromatic carbocycles. The van der Waals surface area contributed by atoms with Gasteiger partial charge in [0, 0.05) is 6.61 Å². The monoisotopic (exact) mass is 216 g/mol. The third-order valence-electron chi connectivity index (χ3n) is 3.21. The van der Waals surface area contributed by atoms with E-state index in [1.54, 1.807) is 0 Å². The Balaban J connectivity index is 1.75. The molecule has 0 bridgehead atoms. The van der Waals surface area contributed by atoms with Gasteiger partial charge < -0.3 is 19.7 Å². The zero-order valence-electron chi connectivity index (χ0n) is 8.97. The smallest absolute Gasteiger partial charge is 0.183 e. The summed E-state index contributed by atoms with van der Waals surface area (Å²) in [5.41, 5.74) is 0. The van der Waals surface area contributed by atoms with E-state index < -0.39 is 12.4 Å². The van der Waals surface area contributed by atoms with Crippen molar-refractivity contribution in [1.29, 1.82) is 0 Å². The van der Waals surface area contributed by atoms with Crippen LogP contribution in [0.15, 0.2) is 0 Å². The van der Waals surface area contributed by atoms with Crippen LogP contribution in [0.25, 0.3) is 0 Å². The number of hydrogen-bond acceptors (Lipinski definition) is 4. The van der Waals surface area contributed by atoms with Crippen LogP contribution in [0.2, 0.25) is 0 Å². The molecular formula is C11H20O4. The van der Waals surface area contributed by atoms with Gasteiger partial charge in [0.15, 0.2) is 6.29 Å². The molecule has 2 unspecified atom stereocenters. The summed E-state index contributed by atoms with van der Waals surface area (Å²) in [5.74, 6) is 0. The molecule has 2 atom stereocenters. The fourth-order valence-corrected chi connectivity index (χ4v) is 2.24. The Labute approximate surface area is 90.2 Å². The van der Waals surface area contributed by atoms with Crippen molar-refractivity contribution < 1.29 is 19.7 Å². The highest BCUT2D eigenvalue weighted by atomic mass is 16.7. The molecule has 0 spiro atoms. The van der Waals surface area contributed by atoms with Gasteiger partial charge in [0.05, 0.1) is 12.2 Å². The van der Waals surface area contributed by atoms with E-state index in [0.717, 1.165) is 38.5 Å². The predicted molar refractivity (Wildman–Crippen MR) is 54.3 cm³/mol. The van der Waals surface area contributed by atoms with E-state index in [0.29, 0.717) is 6.61 Å². The highest BCUT2D eigenvalue weighted by Gasteiger charge is 2.29. The molecule has 0 amide bonds. The van der Waals surface area contributed by atoms with E-state index in [1.165, 1.54) is 0 Å². The quantitative estimate of drug-likeness (QED) is 0.717. The standard InChI is InChI=1S/C11H20O4/c12-8-3-5-9(6-4-8)15-11-10(13)2-1-7-14-11/h8-13H,1-7H2. The Hall–Kier alpha value is -0.160. The minimum absolute atomic E-state index is 0.145. The maximum absolute atomic E-state index is 9.65. The van der Waals surface area contributed by atoms with Gasteiger partial charge >= 0.3 is 0 Å². The number of hydrogen-bond donors (Lipinski definition) is 2. The summed E-state index contributed by atoms with van der Waals surface area (Å²) in [6.07, 6.45) is 4.06. The minimum Gasteiger partial charge on any atom is -0.393 e. The van der Waals surface area contributed by atoms with Crippen LogP contribution in [-0.4, -0.2) is 41.4 Å². The number of ether oxygens (including phenoxy) is 2. The molecular weight excluding hydrogens is 196 g/mol. The molecule has 4 nitrogen and oxygen atoms in total. The van der Waals surface area contributed by atoms with Crippen LogP contribution < -0.4 is 0 Å². The van der Waals surface area contributed by atoms with Crippen LogP contribution >= 0.6 is 0 Å². The Morgan fingerprint density at radius 1 is 1.00 bits per heavy atom. The van der Waals surface area contributed by atoms with Crippen LogP contribution in [0.1, 0.15) is 38.5 Å². The summed E-state index contributed by atoms with van der Waals surface area (Å²) in [7, 11) is 0. The van der Waals surface area contributed by atoms with E-state index in [1.807, 2.05) is 0 Å². The SMILES string of the molecule is OC1CCC(OC2OCCCC2O)CC1. The van der Waals surface area contributed by atoms with E-state index in [9.17, 15) is 10.2 Å². The van der Waals surface area contributed by atoms with E-state index in [2.05, 4.69) is 0 Å². The average molecular weight is 216 g/mol. The molecule has 2 aliphatic rings.